The zero-order chi connectivity index (χ0) is 20.1. The predicted octanol–water partition coefficient (Wildman–Crippen LogP) is 6.20. The third kappa shape index (κ3) is 2.79. The molecule has 2 aliphatic carbocycles. The maximum atomic E-state index is 11.0. The Balaban J connectivity index is 1.63. The van der Waals surface area contributed by atoms with Crippen LogP contribution in [-0.2, 0) is 0 Å². The number of nitrogens with zero attached hydrogens (tertiary/aromatic N) is 2. The molecule has 1 saturated carbocycles. The summed E-state index contributed by atoms with van der Waals surface area (Å²) in [6.07, 6.45) is 3.47. The molecule has 2 bridgehead atoms. The first kappa shape index (κ1) is 17.6. The van der Waals surface area contributed by atoms with E-state index in [4.69, 9.17) is 0 Å². The molecular weight excluding hydrogens is 368 g/mol. The number of nitro groups is 2. The maximum Gasteiger partial charge on any atom is 0.269 e. The van der Waals surface area contributed by atoms with Crippen LogP contribution < -0.4 is 0 Å². The van der Waals surface area contributed by atoms with E-state index in [-0.39, 0.29) is 21.2 Å². The molecule has 6 nitrogen and oxygen atoms in total. The monoisotopic (exact) mass is 386 g/mol. The van der Waals surface area contributed by atoms with Crippen molar-refractivity contribution >= 4 is 11.4 Å². The highest BCUT2D eigenvalue weighted by atomic mass is 16.6. The third-order valence-corrected chi connectivity index (χ3v) is 6.31. The molecule has 144 valence electrons. The van der Waals surface area contributed by atoms with E-state index in [0.29, 0.717) is 11.8 Å². The Bertz CT molecular complexity index is 1050. The normalized spacial score (nSPS) is 19.2. The highest BCUT2D eigenvalue weighted by molar-refractivity contribution is 5.81. The Morgan fingerprint density at radius 1 is 0.621 bits per heavy atom. The van der Waals surface area contributed by atoms with Crippen LogP contribution in [0.5, 0.6) is 0 Å². The van der Waals surface area contributed by atoms with E-state index in [9.17, 15) is 20.2 Å². The molecule has 29 heavy (non-hydrogen) atoms. The first-order valence-electron chi connectivity index (χ1n) is 9.69. The number of nitro benzene ring substituents is 2. The Hall–Kier alpha value is -3.54. The van der Waals surface area contributed by atoms with Gasteiger partial charge in [0.1, 0.15) is 0 Å². The summed E-state index contributed by atoms with van der Waals surface area (Å²) >= 11 is 0. The molecule has 0 N–H and O–H groups in total. The van der Waals surface area contributed by atoms with Crippen molar-refractivity contribution in [2.24, 2.45) is 0 Å². The molecule has 2 unspecified atom stereocenters. The van der Waals surface area contributed by atoms with Gasteiger partial charge in [-0.15, -0.1) is 0 Å². The number of hydrogen-bond acceptors (Lipinski definition) is 4. The number of fused-ring (bicyclic) bond motifs is 5. The second-order valence-corrected chi connectivity index (χ2v) is 7.80. The summed E-state index contributed by atoms with van der Waals surface area (Å²) in [6.45, 7) is 0. The Kier molecular flexibility index (Phi) is 3.94. The molecule has 0 heterocycles. The van der Waals surface area contributed by atoms with Gasteiger partial charge < -0.3 is 0 Å². The molecule has 0 radical (unpaired) electrons. The largest absolute Gasteiger partial charge is 0.269 e. The quantitative estimate of drug-likeness (QED) is 0.394. The predicted molar refractivity (Wildman–Crippen MR) is 110 cm³/mol. The van der Waals surface area contributed by atoms with Crippen LogP contribution in [0.15, 0.2) is 60.7 Å². The standard InChI is InChI=1S/C23H18N2O4/c26-24(27)18-7-3-14(4-8-18)20-11-12-21(15-5-9-19(10-6-15)25(28)29)23-17-2-1-16(13-17)22(20)23/h3-12,16-17H,1-2,13H2. The summed E-state index contributed by atoms with van der Waals surface area (Å²) < 4.78 is 0. The van der Waals surface area contributed by atoms with Crippen LogP contribution in [-0.4, -0.2) is 9.85 Å². The first-order valence-corrected chi connectivity index (χ1v) is 9.69. The van der Waals surface area contributed by atoms with Gasteiger partial charge in [0, 0.05) is 24.3 Å². The molecule has 6 heteroatoms. The van der Waals surface area contributed by atoms with Crippen molar-refractivity contribution < 1.29 is 9.85 Å². The second-order valence-electron chi connectivity index (χ2n) is 7.80. The zero-order valence-electron chi connectivity index (χ0n) is 15.6. The Morgan fingerprint density at radius 2 is 1.00 bits per heavy atom. The van der Waals surface area contributed by atoms with Crippen LogP contribution in [0.1, 0.15) is 42.2 Å². The van der Waals surface area contributed by atoms with E-state index in [1.165, 1.54) is 24.0 Å². The molecule has 1 fully saturated rings. The van der Waals surface area contributed by atoms with Gasteiger partial charge in [-0.25, -0.2) is 0 Å². The van der Waals surface area contributed by atoms with Gasteiger partial charge in [0.2, 0.25) is 0 Å². The maximum absolute atomic E-state index is 11.0. The van der Waals surface area contributed by atoms with E-state index >= 15 is 0 Å². The van der Waals surface area contributed by atoms with Crippen molar-refractivity contribution in [1.29, 1.82) is 0 Å². The number of rotatable bonds is 4. The van der Waals surface area contributed by atoms with Crippen LogP contribution in [0.4, 0.5) is 11.4 Å². The van der Waals surface area contributed by atoms with Crippen LogP contribution in [0.25, 0.3) is 22.3 Å². The van der Waals surface area contributed by atoms with E-state index < -0.39 is 0 Å². The molecule has 3 aromatic carbocycles. The lowest BCUT2D eigenvalue weighted by Crippen LogP contribution is -2.03. The van der Waals surface area contributed by atoms with Gasteiger partial charge in [-0.3, -0.25) is 20.2 Å². The molecular formula is C23H18N2O4. The van der Waals surface area contributed by atoms with Gasteiger partial charge in [-0.05, 0) is 88.7 Å². The van der Waals surface area contributed by atoms with E-state index in [1.54, 1.807) is 24.3 Å². The SMILES string of the molecule is O=[N+]([O-])c1ccc(-c2ccc(-c3ccc([N+](=O)[O-])cc3)c3c2C2CCC3C2)cc1. The van der Waals surface area contributed by atoms with Crippen molar-refractivity contribution in [3.63, 3.8) is 0 Å². The minimum absolute atomic E-state index is 0.0921. The molecule has 0 aliphatic heterocycles. The Labute approximate surface area is 167 Å². The minimum Gasteiger partial charge on any atom is -0.258 e. The molecule has 3 aromatic rings. The van der Waals surface area contributed by atoms with Gasteiger partial charge in [-0.2, -0.15) is 0 Å². The molecule has 0 spiro atoms. The van der Waals surface area contributed by atoms with Crippen LogP contribution in [0.3, 0.4) is 0 Å². The van der Waals surface area contributed by atoms with Gasteiger partial charge in [0.15, 0.2) is 0 Å². The fraction of sp³-hybridized carbons (Fsp3) is 0.217. The van der Waals surface area contributed by atoms with Crippen molar-refractivity contribution in [3.8, 4) is 22.3 Å². The molecule has 0 amide bonds. The van der Waals surface area contributed by atoms with E-state index in [1.807, 2.05) is 24.3 Å². The highest BCUT2D eigenvalue weighted by Gasteiger charge is 2.40. The lowest BCUT2D eigenvalue weighted by atomic mass is 9.81. The number of hydrogen-bond donors (Lipinski definition) is 0. The lowest BCUT2D eigenvalue weighted by Gasteiger charge is -2.23. The summed E-state index contributed by atoms with van der Waals surface area (Å²) in [5.74, 6) is 1.02. The van der Waals surface area contributed by atoms with Gasteiger partial charge in [0.05, 0.1) is 9.85 Å². The lowest BCUT2D eigenvalue weighted by molar-refractivity contribution is -0.385. The number of benzene rings is 3. The zero-order valence-corrected chi connectivity index (χ0v) is 15.6. The molecule has 2 aliphatic rings. The minimum atomic E-state index is -0.381. The fourth-order valence-electron chi connectivity index (χ4n) is 5.05. The van der Waals surface area contributed by atoms with Gasteiger partial charge in [-0.1, -0.05) is 12.1 Å². The Morgan fingerprint density at radius 3 is 1.34 bits per heavy atom. The average molecular weight is 386 g/mol. The highest BCUT2D eigenvalue weighted by Crippen LogP contribution is 2.58. The molecule has 2 atom stereocenters. The smallest absolute Gasteiger partial charge is 0.258 e. The molecule has 0 aromatic heterocycles. The van der Waals surface area contributed by atoms with Crippen LogP contribution in [0, 0.1) is 20.2 Å². The number of non-ortho nitro benzene ring substituents is 2. The summed E-state index contributed by atoms with van der Waals surface area (Å²) in [5, 5.41) is 21.9. The average Bonchev–Trinajstić information content (AvgIpc) is 3.36. The summed E-state index contributed by atoms with van der Waals surface area (Å²) in [5.41, 5.74) is 7.17. The second kappa shape index (κ2) is 6.51. The van der Waals surface area contributed by atoms with Crippen molar-refractivity contribution in [2.45, 2.75) is 31.1 Å². The first-order chi connectivity index (χ1) is 14.0. The fourth-order valence-corrected chi connectivity index (χ4v) is 5.05. The van der Waals surface area contributed by atoms with Crippen LogP contribution >= 0.6 is 0 Å². The van der Waals surface area contributed by atoms with Crippen LogP contribution in [0.2, 0.25) is 0 Å². The van der Waals surface area contributed by atoms with Gasteiger partial charge >= 0.3 is 0 Å². The topological polar surface area (TPSA) is 86.3 Å². The van der Waals surface area contributed by atoms with Gasteiger partial charge in [0.25, 0.3) is 11.4 Å². The molecule has 5 rings (SSSR count). The van der Waals surface area contributed by atoms with Crippen molar-refractivity contribution in [2.75, 3.05) is 0 Å². The third-order valence-electron chi connectivity index (χ3n) is 6.31. The summed E-state index contributed by atoms with van der Waals surface area (Å²) in [6, 6.07) is 17.7. The van der Waals surface area contributed by atoms with Crippen molar-refractivity contribution in [3.05, 3.63) is 92.0 Å². The summed E-state index contributed by atoms with van der Waals surface area (Å²) in [7, 11) is 0. The van der Waals surface area contributed by atoms with Crippen molar-refractivity contribution in [1.82, 2.24) is 0 Å². The molecule has 0 saturated heterocycles. The summed E-state index contributed by atoms with van der Waals surface area (Å²) in [4.78, 5) is 21.2. The van der Waals surface area contributed by atoms with E-state index in [2.05, 4.69) is 12.1 Å². The van der Waals surface area contributed by atoms with E-state index in [0.717, 1.165) is 28.7 Å².